The van der Waals surface area contributed by atoms with Crippen LogP contribution in [0.5, 0.6) is 11.5 Å². The monoisotopic (exact) mass is 550 g/mol. The number of hydrogen-bond donors (Lipinski definition) is 1. The van der Waals surface area contributed by atoms with Crippen molar-refractivity contribution < 1.29 is 28.6 Å². The largest absolute Gasteiger partial charge is 0.493 e. The van der Waals surface area contributed by atoms with E-state index in [1.165, 1.54) is 21.1 Å². The van der Waals surface area contributed by atoms with Crippen LogP contribution < -0.4 is 14.8 Å². The molecule has 2 unspecified atom stereocenters. The van der Waals surface area contributed by atoms with Crippen molar-refractivity contribution >= 4 is 45.2 Å². The van der Waals surface area contributed by atoms with E-state index in [-0.39, 0.29) is 18.8 Å². The maximum Gasteiger partial charge on any atom is 0.347 e. The van der Waals surface area contributed by atoms with Crippen molar-refractivity contribution in [1.29, 1.82) is 5.26 Å². The molecule has 0 fully saturated rings. The van der Waals surface area contributed by atoms with Gasteiger partial charge in [0.05, 0.1) is 20.8 Å². The molecule has 2 aromatic rings. The average molecular weight is 552 g/mol. The molecule has 0 aromatic heterocycles. The van der Waals surface area contributed by atoms with E-state index in [1.54, 1.807) is 43.3 Å². The first-order valence-corrected chi connectivity index (χ1v) is 11.4. The number of ketones is 1. The van der Waals surface area contributed by atoms with Crippen LogP contribution in [-0.4, -0.2) is 44.0 Å². The van der Waals surface area contributed by atoms with Gasteiger partial charge < -0.3 is 19.5 Å². The van der Waals surface area contributed by atoms with Gasteiger partial charge in [0, 0.05) is 34.3 Å². The first-order chi connectivity index (χ1) is 16.1. The normalized spacial score (nSPS) is 13.1. The lowest BCUT2D eigenvalue weighted by atomic mass is 9.76. The second kappa shape index (κ2) is 11.9. The van der Waals surface area contributed by atoms with Gasteiger partial charge in [-0.05, 0) is 48.9 Å². The van der Waals surface area contributed by atoms with Crippen LogP contribution in [0.2, 0.25) is 5.02 Å². The zero-order valence-corrected chi connectivity index (χ0v) is 21.5. The summed E-state index contributed by atoms with van der Waals surface area (Å²) in [4.78, 5) is 38.5. The predicted octanol–water partition coefficient (Wildman–Crippen LogP) is 4.44. The van der Waals surface area contributed by atoms with Crippen molar-refractivity contribution in [2.24, 2.45) is 0 Å². The zero-order chi connectivity index (χ0) is 25.5. The molecule has 2 rings (SSSR count). The van der Waals surface area contributed by atoms with Gasteiger partial charge in [-0.1, -0.05) is 27.5 Å². The molecule has 0 spiro atoms. The Morgan fingerprint density at radius 3 is 2.24 bits per heavy atom. The van der Waals surface area contributed by atoms with Crippen LogP contribution >= 0.6 is 27.5 Å². The third kappa shape index (κ3) is 5.88. The smallest absolute Gasteiger partial charge is 0.347 e. The fourth-order valence-corrected chi connectivity index (χ4v) is 4.25. The number of amides is 1. The highest BCUT2D eigenvalue weighted by atomic mass is 79.9. The Hall–Kier alpha value is -3.09. The summed E-state index contributed by atoms with van der Waals surface area (Å²) in [5.74, 6) is -2.46. The fraction of sp³-hybridized carbons (Fsp3) is 0.333. The van der Waals surface area contributed by atoms with Crippen molar-refractivity contribution in [3.05, 3.63) is 57.0 Å². The molecular weight excluding hydrogens is 528 g/mol. The Kier molecular flexibility index (Phi) is 9.47. The lowest BCUT2D eigenvalue weighted by Gasteiger charge is -2.34. The van der Waals surface area contributed by atoms with E-state index < -0.39 is 23.3 Å². The number of nitrogens with one attached hydrogen (secondary N) is 1. The molecule has 2 atom stereocenters. The highest BCUT2D eigenvalue weighted by molar-refractivity contribution is 9.10. The lowest BCUT2D eigenvalue weighted by Crippen LogP contribution is -2.58. The lowest BCUT2D eigenvalue weighted by molar-refractivity contribution is -0.151. The molecular formula is C24H24BrClN2O6. The van der Waals surface area contributed by atoms with E-state index >= 15 is 0 Å². The van der Waals surface area contributed by atoms with Gasteiger partial charge in [-0.3, -0.25) is 9.59 Å². The topological polar surface area (TPSA) is 115 Å². The third-order valence-electron chi connectivity index (χ3n) is 5.10. The maximum atomic E-state index is 13.3. The van der Waals surface area contributed by atoms with Gasteiger partial charge in [-0.2, -0.15) is 5.26 Å². The number of nitrogens with zero attached hydrogens (tertiary/aromatic N) is 1. The molecule has 0 saturated carbocycles. The van der Waals surface area contributed by atoms with E-state index in [4.69, 9.17) is 25.8 Å². The molecule has 0 radical (unpaired) electrons. The average Bonchev–Trinajstić information content (AvgIpc) is 2.81. The number of halogens is 2. The molecule has 10 heteroatoms. The quantitative estimate of drug-likeness (QED) is 0.343. The van der Waals surface area contributed by atoms with Gasteiger partial charge in [-0.25, -0.2) is 4.79 Å². The molecule has 180 valence electrons. The number of Topliss-reactive ketones (excluding diaryl/α,β-unsaturated/α-hetero) is 1. The summed E-state index contributed by atoms with van der Waals surface area (Å²) in [5, 5.41) is 13.1. The Morgan fingerprint density at radius 1 is 1.15 bits per heavy atom. The number of esters is 1. The van der Waals surface area contributed by atoms with Crippen molar-refractivity contribution in [2.75, 3.05) is 20.8 Å². The molecule has 0 bridgehead atoms. The SMILES string of the molecule is CCOC(=O)C(C#N)(NC(C)=O)C(CC(=O)c1ccc(Cl)cc1)c1cc(OC)c(OC)cc1Br. The van der Waals surface area contributed by atoms with E-state index in [0.29, 0.717) is 32.1 Å². The Labute approximate surface area is 211 Å². The number of benzene rings is 2. The number of carbonyl (C=O) groups excluding carboxylic acids is 3. The minimum atomic E-state index is -2.20. The minimum absolute atomic E-state index is 0.0349. The Bertz CT molecular complexity index is 1120. The van der Waals surface area contributed by atoms with E-state index in [0.717, 1.165) is 0 Å². The molecule has 0 heterocycles. The zero-order valence-electron chi connectivity index (χ0n) is 19.1. The molecule has 1 amide bonds. The predicted molar refractivity (Wildman–Crippen MR) is 129 cm³/mol. The summed E-state index contributed by atoms with van der Waals surface area (Å²) in [7, 11) is 2.89. The molecule has 1 N–H and O–H groups in total. The minimum Gasteiger partial charge on any atom is -0.493 e. The fourth-order valence-electron chi connectivity index (χ4n) is 3.53. The van der Waals surface area contributed by atoms with Gasteiger partial charge in [-0.15, -0.1) is 0 Å². The van der Waals surface area contributed by atoms with Crippen molar-refractivity contribution in [1.82, 2.24) is 5.32 Å². The summed E-state index contributed by atoms with van der Waals surface area (Å²) >= 11 is 9.38. The van der Waals surface area contributed by atoms with Gasteiger partial charge >= 0.3 is 5.97 Å². The summed E-state index contributed by atoms with van der Waals surface area (Å²) in [6, 6.07) is 11.3. The number of ether oxygens (including phenoxy) is 3. The van der Waals surface area contributed by atoms with E-state index in [1.807, 2.05) is 6.07 Å². The number of rotatable bonds is 10. The maximum absolute atomic E-state index is 13.3. The van der Waals surface area contributed by atoms with Crippen LogP contribution in [0, 0.1) is 11.3 Å². The van der Waals surface area contributed by atoms with Crippen LogP contribution in [0.1, 0.15) is 42.1 Å². The van der Waals surface area contributed by atoms with Crippen LogP contribution in [0.25, 0.3) is 0 Å². The summed E-state index contributed by atoms with van der Waals surface area (Å²) in [6.45, 7) is 2.72. The summed E-state index contributed by atoms with van der Waals surface area (Å²) in [6.07, 6.45) is -0.317. The van der Waals surface area contributed by atoms with Gasteiger partial charge in [0.2, 0.25) is 11.4 Å². The summed E-state index contributed by atoms with van der Waals surface area (Å²) in [5.41, 5.74) is -1.51. The molecule has 0 aliphatic carbocycles. The first-order valence-electron chi connectivity index (χ1n) is 10.2. The Morgan fingerprint density at radius 2 is 1.74 bits per heavy atom. The third-order valence-corrected chi connectivity index (χ3v) is 6.04. The van der Waals surface area contributed by atoms with Crippen molar-refractivity contribution in [3.8, 4) is 17.6 Å². The van der Waals surface area contributed by atoms with Gasteiger partial charge in [0.25, 0.3) is 0 Å². The van der Waals surface area contributed by atoms with Gasteiger partial charge in [0.15, 0.2) is 17.3 Å². The molecule has 34 heavy (non-hydrogen) atoms. The standard InChI is InChI=1S/C24H24BrClN2O6/c1-5-34-23(31)24(13-27,28-14(2)29)18(11-20(30)15-6-8-16(26)9-7-15)17-10-21(32-3)22(33-4)12-19(17)25/h6-10,12,18H,5,11H2,1-4H3,(H,28,29). The van der Waals surface area contributed by atoms with Crippen LogP contribution in [0.3, 0.4) is 0 Å². The first kappa shape index (κ1) is 27.2. The van der Waals surface area contributed by atoms with Crippen LogP contribution in [-0.2, 0) is 14.3 Å². The van der Waals surface area contributed by atoms with Crippen LogP contribution in [0.4, 0.5) is 0 Å². The van der Waals surface area contributed by atoms with Gasteiger partial charge in [0.1, 0.15) is 6.07 Å². The highest BCUT2D eigenvalue weighted by Crippen LogP contribution is 2.42. The molecule has 2 aromatic carbocycles. The number of nitriles is 1. The molecule has 8 nitrogen and oxygen atoms in total. The number of hydrogen-bond acceptors (Lipinski definition) is 7. The molecule has 0 saturated heterocycles. The Balaban J connectivity index is 2.77. The number of methoxy groups -OCH3 is 2. The highest BCUT2D eigenvalue weighted by Gasteiger charge is 2.51. The summed E-state index contributed by atoms with van der Waals surface area (Å²) < 4.78 is 16.3. The second-order valence-corrected chi connectivity index (χ2v) is 8.53. The second-order valence-electron chi connectivity index (χ2n) is 7.24. The number of carbonyl (C=O) groups is 3. The van der Waals surface area contributed by atoms with Crippen LogP contribution in [0.15, 0.2) is 40.9 Å². The van der Waals surface area contributed by atoms with E-state index in [9.17, 15) is 19.6 Å². The molecule has 0 aliphatic heterocycles. The van der Waals surface area contributed by atoms with E-state index in [2.05, 4.69) is 21.2 Å². The van der Waals surface area contributed by atoms with Crippen molar-refractivity contribution in [3.63, 3.8) is 0 Å². The van der Waals surface area contributed by atoms with Crippen molar-refractivity contribution in [2.45, 2.75) is 31.7 Å². The molecule has 0 aliphatic rings.